The van der Waals surface area contributed by atoms with Crippen molar-refractivity contribution in [2.24, 2.45) is 0 Å². The van der Waals surface area contributed by atoms with Gasteiger partial charge in [-0.1, -0.05) is 0 Å². The average molecular weight is 366 g/mol. The first kappa shape index (κ1) is 17.8. The second-order valence-corrected chi connectivity index (χ2v) is 7.14. The van der Waals surface area contributed by atoms with Crippen LogP contribution in [-0.2, 0) is 4.74 Å². The number of pyridine rings is 1. The number of benzene rings is 1. The molecule has 2 saturated heterocycles. The molecule has 1 aromatic carbocycles. The molecule has 142 valence electrons. The number of anilines is 3. The summed E-state index contributed by atoms with van der Waals surface area (Å²) in [5.41, 5.74) is 3.28. The summed E-state index contributed by atoms with van der Waals surface area (Å²) in [4.78, 5) is 19.1. The van der Waals surface area contributed by atoms with Crippen LogP contribution < -0.4 is 15.5 Å². The normalized spacial score (nSPS) is 19.3. The van der Waals surface area contributed by atoms with E-state index >= 15 is 0 Å². The Kier molecular flexibility index (Phi) is 5.53. The van der Waals surface area contributed by atoms with E-state index in [4.69, 9.17) is 4.74 Å². The summed E-state index contributed by atoms with van der Waals surface area (Å²) in [6.45, 7) is 3.82. The molecule has 0 aliphatic carbocycles. The maximum atomic E-state index is 12.5. The third kappa shape index (κ3) is 4.57. The minimum Gasteiger partial charge on any atom is -0.382 e. The second-order valence-electron chi connectivity index (χ2n) is 7.14. The van der Waals surface area contributed by atoms with Crippen LogP contribution in [0.1, 0.15) is 36.2 Å². The molecule has 3 heterocycles. The van der Waals surface area contributed by atoms with Gasteiger partial charge in [-0.3, -0.25) is 9.78 Å². The molecule has 2 aliphatic heterocycles. The van der Waals surface area contributed by atoms with Gasteiger partial charge in [-0.25, -0.2) is 0 Å². The molecular formula is C21H26N4O2. The van der Waals surface area contributed by atoms with E-state index in [0.717, 1.165) is 50.5 Å². The van der Waals surface area contributed by atoms with Crippen LogP contribution in [0.5, 0.6) is 0 Å². The second kappa shape index (κ2) is 8.39. The smallest absolute Gasteiger partial charge is 0.274 e. The van der Waals surface area contributed by atoms with Gasteiger partial charge in [-0.2, -0.15) is 0 Å². The molecule has 1 atom stereocenters. The molecule has 1 aromatic heterocycles. The first-order chi connectivity index (χ1) is 13.3. The Balaban J connectivity index is 1.35. The zero-order valence-corrected chi connectivity index (χ0v) is 15.5. The zero-order chi connectivity index (χ0) is 18.5. The number of amides is 1. The molecule has 0 bridgehead atoms. The summed E-state index contributed by atoms with van der Waals surface area (Å²) in [7, 11) is 0. The van der Waals surface area contributed by atoms with Gasteiger partial charge >= 0.3 is 0 Å². The van der Waals surface area contributed by atoms with E-state index in [0.29, 0.717) is 5.69 Å². The Bertz CT molecular complexity index is 766. The Hall–Kier alpha value is -2.60. The van der Waals surface area contributed by atoms with E-state index in [-0.39, 0.29) is 12.0 Å². The van der Waals surface area contributed by atoms with Gasteiger partial charge in [0.1, 0.15) is 5.69 Å². The minimum absolute atomic E-state index is 0.204. The molecule has 2 fully saturated rings. The van der Waals surface area contributed by atoms with Crippen LogP contribution in [0.25, 0.3) is 0 Å². The highest BCUT2D eigenvalue weighted by atomic mass is 16.5. The van der Waals surface area contributed by atoms with Gasteiger partial charge in [-0.05, 0) is 62.1 Å². The molecule has 2 N–H and O–H groups in total. The van der Waals surface area contributed by atoms with Crippen LogP contribution in [0.2, 0.25) is 0 Å². The molecular weight excluding hydrogens is 340 g/mol. The Morgan fingerprint density at radius 1 is 1.11 bits per heavy atom. The van der Waals surface area contributed by atoms with E-state index in [1.807, 2.05) is 18.2 Å². The SMILES string of the molecule is O=C(Nc1ccc(N2CCCC2)cc1)c1cc(NCC2CCCO2)ccn1. The predicted molar refractivity (Wildman–Crippen MR) is 108 cm³/mol. The third-order valence-corrected chi connectivity index (χ3v) is 5.15. The van der Waals surface area contributed by atoms with Crippen molar-refractivity contribution >= 4 is 23.0 Å². The molecule has 2 aliphatic rings. The molecule has 4 rings (SSSR count). The van der Waals surface area contributed by atoms with Crippen molar-refractivity contribution in [2.45, 2.75) is 31.8 Å². The summed E-state index contributed by atoms with van der Waals surface area (Å²) in [6, 6.07) is 11.7. The van der Waals surface area contributed by atoms with Gasteiger partial charge in [0.25, 0.3) is 5.91 Å². The molecule has 1 unspecified atom stereocenters. The Morgan fingerprint density at radius 3 is 2.67 bits per heavy atom. The van der Waals surface area contributed by atoms with Crippen molar-refractivity contribution in [3.8, 4) is 0 Å². The van der Waals surface area contributed by atoms with E-state index in [1.54, 1.807) is 12.3 Å². The summed E-state index contributed by atoms with van der Waals surface area (Å²) < 4.78 is 5.62. The largest absolute Gasteiger partial charge is 0.382 e. The van der Waals surface area contributed by atoms with E-state index in [9.17, 15) is 4.79 Å². The topological polar surface area (TPSA) is 66.5 Å². The fourth-order valence-electron chi connectivity index (χ4n) is 3.63. The number of carbonyl (C=O) groups is 1. The van der Waals surface area contributed by atoms with Gasteiger partial charge in [0.15, 0.2) is 0 Å². The number of ether oxygens (including phenoxy) is 1. The highest BCUT2D eigenvalue weighted by Gasteiger charge is 2.16. The Labute approximate surface area is 159 Å². The van der Waals surface area contributed by atoms with Crippen molar-refractivity contribution < 1.29 is 9.53 Å². The maximum Gasteiger partial charge on any atom is 0.274 e. The minimum atomic E-state index is -0.204. The fraction of sp³-hybridized carbons (Fsp3) is 0.429. The number of rotatable bonds is 6. The van der Waals surface area contributed by atoms with Crippen molar-refractivity contribution in [2.75, 3.05) is 41.8 Å². The quantitative estimate of drug-likeness (QED) is 0.819. The van der Waals surface area contributed by atoms with Gasteiger partial charge < -0.3 is 20.3 Å². The van der Waals surface area contributed by atoms with E-state index in [1.165, 1.54) is 18.5 Å². The summed E-state index contributed by atoms with van der Waals surface area (Å²) >= 11 is 0. The number of nitrogens with zero attached hydrogens (tertiary/aromatic N) is 2. The first-order valence-corrected chi connectivity index (χ1v) is 9.76. The van der Waals surface area contributed by atoms with Crippen molar-refractivity contribution in [3.63, 3.8) is 0 Å². The van der Waals surface area contributed by atoms with Crippen LogP contribution in [0.3, 0.4) is 0 Å². The Morgan fingerprint density at radius 2 is 1.93 bits per heavy atom. The fourth-order valence-corrected chi connectivity index (χ4v) is 3.63. The van der Waals surface area contributed by atoms with Gasteiger partial charge in [0.2, 0.25) is 0 Å². The lowest BCUT2D eigenvalue weighted by Gasteiger charge is -2.17. The summed E-state index contributed by atoms with van der Waals surface area (Å²) in [5.74, 6) is -0.204. The van der Waals surface area contributed by atoms with Gasteiger partial charge in [0.05, 0.1) is 6.10 Å². The van der Waals surface area contributed by atoms with Crippen molar-refractivity contribution in [3.05, 3.63) is 48.3 Å². The monoisotopic (exact) mass is 366 g/mol. The summed E-state index contributed by atoms with van der Waals surface area (Å²) in [5, 5.41) is 6.26. The number of nitrogens with one attached hydrogen (secondary N) is 2. The zero-order valence-electron chi connectivity index (χ0n) is 15.5. The highest BCUT2D eigenvalue weighted by molar-refractivity contribution is 6.03. The molecule has 0 spiro atoms. The van der Waals surface area contributed by atoms with Gasteiger partial charge in [-0.15, -0.1) is 0 Å². The van der Waals surface area contributed by atoms with Crippen molar-refractivity contribution in [1.82, 2.24) is 4.98 Å². The number of carbonyl (C=O) groups excluding carboxylic acids is 1. The molecule has 27 heavy (non-hydrogen) atoms. The number of hydrogen-bond donors (Lipinski definition) is 2. The molecule has 6 heteroatoms. The molecule has 1 amide bonds. The van der Waals surface area contributed by atoms with Crippen LogP contribution in [0, 0.1) is 0 Å². The molecule has 2 aromatic rings. The lowest BCUT2D eigenvalue weighted by atomic mass is 10.2. The van der Waals surface area contributed by atoms with Gasteiger partial charge in [0, 0.05) is 49.5 Å². The van der Waals surface area contributed by atoms with Crippen LogP contribution in [0.4, 0.5) is 17.1 Å². The first-order valence-electron chi connectivity index (χ1n) is 9.76. The van der Waals surface area contributed by atoms with E-state index in [2.05, 4.69) is 32.7 Å². The predicted octanol–water partition coefficient (Wildman–Crippen LogP) is 3.53. The van der Waals surface area contributed by atoms with Crippen molar-refractivity contribution in [1.29, 1.82) is 0 Å². The molecule has 0 radical (unpaired) electrons. The lowest BCUT2D eigenvalue weighted by Crippen LogP contribution is -2.19. The highest BCUT2D eigenvalue weighted by Crippen LogP contribution is 2.22. The summed E-state index contributed by atoms with van der Waals surface area (Å²) in [6.07, 6.45) is 6.61. The maximum absolute atomic E-state index is 12.5. The lowest BCUT2D eigenvalue weighted by molar-refractivity contribution is 0.102. The molecule has 0 saturated carbocycles. The molecule has 6 nitrogen and oxygen atoms in total. The van der Waals surface area contributed by atoms with Crippen LogP contribution in [0.15, 0.2) is 42.6 Å². The average Bonchev–Trinajstić information content (AvgIpc) is 3.41. The van der Waals surface area contributed by atoms with Crippen LogP contribution in [-0.4, -0.2) is 43.2 Å². The van der Waals surface area contributed by atoms with E-state index < -0.39 is 0 Å². The number of hydrogen-bond acceptors (Lipinski definition) is 5. The standard InChI is InChI=1S/C21H26N4O2/c26-21(24-16-5-7-18(8-6-16)25-11-1-2-12-25)20-14-17(9-10-22-20)23-15-19-4-3-13-27-19/h5-10,14,19H,1-4,11-13,15H2,(H,22,23)(H,24,26). The number of aromatic nitrogens is 1. The third-order valence-electron chi connectivity index (χ3n) is 5.15. The van der Waals surface area contributed by atoms with Crippen LogP contribution >= 0.6 is 0 Å².